The highest BCUT2D eigenvalue weighted by Crippen LogP contribution is 2.26. The van der Waals surface area contributed by atoms with Crippen LogP contribution in [0, 0.1) is 5.92 Å². The van der Waals surface area contributed by atoms with Crippen LogP contribution in [0.5, 0.6) is 0 Å². The Balaban J connectivity index is 2.54. The van der Waals surface area contributed by atoms with E-state index in [0.29, 0.717) is 5.92 Å². The predicted molar refractivity (Wildman–Crippen MR) is 53.8 cm³/mol. The van der Waals surface area contributed by atoms with Gasteiger partial charge in [-0.3, -0.25) is 0 Å². The van der Waals surface area contributed by atoms with Gasteiger partial charge < -0.3 is 9.47 Å². The normalized spacial score (nSPS) is 36.2. The van der Waals surface area contributed by atoms with Crippen molar-refractivity contribution in [2.45, 2.75) is 58.8 Å². The topological polar surface area (TPSA) is 18.5 Å². The molecule has 1 aliphatic rings. The molecule has 1 rings (SSSR count). The van der Waals surface area contributed by atoms with Crippen molar-refractivity contribution in [3.63, 3.8) is 0 Å². The first-order valence-corrected chi connectivity index (χ1v) is 5.19. The summed E-state index contributed by atoms with van der Waals surface area (Å²) in [6, 6.07) is 0. The fourth-order valence-electron chi connectivity index (χ4n) is 1.78. The van der Waals surface area contributed by atoms with E-state index < -0.39 is 0 Å². The second-order valence-electron chi connectivity index (χ2n) is 5.04. The van der Waals surface area contributed by atoms with Crippen LogP contribution in [0.3, 0.4) is 0 Å². The Hall–Kier alpha value is -0.0800. The molecule has 1 aliphatic heterocycles. The molecule has 0 N–H and O–H groups in total. The molecule has 0 aromatic rings. The minimum atomic E-state index is -0.0616. The molecule has 0 aromatic heterocycles. The van der Waals surface area contributed by atoms with Crippen LogP contribution < -0.4 is 0 Å². The minimum Gasteiger partial charge on any atom is -0.376 e. The molecule has 0 saturated carbocycles. The molecule has 0 spiro atoms. The van der Waals surface area contributed by atoms with Crippen LogP contribution in [-0.4, -0.2) is 24.4 Å². The van der Waals surface area contributed by atoms with E-state index in [9.17, 15) is 0 Å². The maximum atomic E-state index is 5.98. The van der Waals surface area contributed by atoms with E-state index in [4.69, 9.17) is 9.47 Å². The highest BCUT2D eigenvalue weighted by atomic mass is 16.6. The number of rotatable bonds is 1. The molecule has 1 heterocycles. The summed E-state index contributed by atoms with van der Waals surface area (Å²) in [5, 5.41) is 0. The number of hydrogen-bond acceptors (Lipinski definition) is 2. The zero-order chi connectivity index (χ0) is 10.1. The van der Waals surface area contributed by atoms with Crippen molar-refractivity contribution in [1.82, 2.24) is 0 Å². The smallest absolute Gasteiger partial charge is 0.0867 e. The Morgan fingerprint density at radius 2 is 1.85 bits per heavy atom. The lowest BCUT2D eigenvalue weighted by Gasteiger charge is -2.38. The lowest BCUT2D eigenvalue weighted by Crippen LogP contribution is -2.44. The lowest BCUT2D eigenvalue weighted by molar-refractivity contribution is -0.168. The summed E-state index contributed by atoms with van der Waals surface area (Å²) in [7, 11) is 0. The van der Waals surface area contributed by atoms with Crippen molar-refractivity contribution in [3.8, 4) is 0 Å². The Morgan fingerprint density at radius 3 is 2.31 bits per heavy atom. The Labute approximate surface area is 81.6 Å². The third kappa shape index (κ3) is 3.28. The molecule has 1 saturated heterocycles. The summed E-state index contributed by atoms with van der Waals surface area (Å²) in [6.07, 6.45) is 1.61. The second kappa shape index (κ2) is 3.97. The van der Waals surface area contributed by atoms with Crippen molar-refractivity contribution in [1.29, 1.82) is 0 Å². The predicted octanol–water partition coefficient (Wildman–Crippen LogP) is 2.62. The number of hydrogen-bond donors (Lipinski definition) is 0. The third-order valence-corrected chi connectivity index (χ3v) is 2.47. The number of ether oxygens (including phenoxy) is 2. The van der Waals surface area contributed by atoms with Gasteiger partial charge in [0, 0.05) is 6.61 Å². The van der Waals surface area contributed by atoms with Crippen LogP contribution in [0.4, 0.5) is 0 Å². The Bertz CT molecular complexity index is 150. The summed E-state index contributed by atoms with van der Waals surface area (Å²) in [6.45, 7) is 11.5. The first kappa shape index (κ1) is 11.0. The molecule has 1 fully saturated rings. The quantitative estimate of drug-likeness (QED) is 0.626. The maximum Gasteiger partial charge on any atom is 0.0867 e. The highest BCUT2D eigenvalue weighted by Gasteiger charge is 2.32. The van der Waals surface area contributed by atoms with E-state index in [1.165, 1.54) is 0 Å². The second-order valence-corrected chi connectivity index (χ2v) is 5.04. The Morgan fingerprint density at radius 1 is 1.23 bits per heavy atom. The van der Waals surface area contributed by atoms with Gasteiger partial charge in [0.15, 0.2) is 0 Å². The van der Waals surface area contributed by atoms with Gasteiger partial charge in [-0.25, -0.2) is 0 Å². The van der Waals surface area contributed by atoms with Gasteiger partial charge in [0.2, 0.25) is 0 Å². The molecule has 0 aliphatic carbocycles. The van der Waals surface area contributed by atoms with Crippen LogP contribution >= 0.6 is 0 Å². The van der Waals surface area contributed by atoms with Gasteiger partial charge in [-0.2, -0.15) is 0 Å². The molecule has 0 amide bonds. The summed E-state index contributed by atoms with van der Waals surface area (Å²) >= 11 is 0. The van der Waals surface area contributed by atoms with Crippen molar-refractivity contribution >= 4 is 0 Å². The monoisotopic (exact) mass is 186 g/mol. The summed E-state index contributed by atoms with van der Waals surface area (Å²) < 4.78 is 11.6. The van der Waals surface area contributed by atoms with Gasteiger partial charge in [0.1, 0.15) is 0 Å². The standard InChI is InChI=1S/C11H22O2/c1-8-6-7-12-9(2)10(8)13-11(3,4)5/h8-10H,6-7H2,1-5H3. The van der Waals surface area contributed by atoms with E-state index in [2.05, 4.69) is 34.6 Å². The molecule has 13 heavy (non-hydrogen) atoms. The average Bonchev–Trinajstić information content (AvgIpc) is 1.95. The molecule has 2 nitrogen and oxygen atoms in total. The molecular formula is C11H22O2. The van der Waals surface area contributed by atoms with Gasteiger partial charge in [-0.15, -0.1) is 0 Å². The van der Waals surface area contributed by atoms with E-state index in [1.807, 2.05) is 0 Å². The van der Waals surface area contributed by atoms with Crippen LogP contribution in [0.2, 0.25) is 0 Å². The fraction of sp³-hybridized carbons (Fsp3) is 1.00. The molecular weight excluding hydrogens is 164 g/mol. The minimum absolute atomic E-state index is 0.0616. The first-order chi connectivity index (χ1) is 5.90. The van der Waals surface area contributed by atoms with Crippen LogP contribution in [0.25, 0.3) is 0 Å². The van der Waals surface area contributed by atoms with Gasteiger partial charge in [0.25, 0.3) is 0 Å². The lowest BCUT2D eigenvalue weighted by atomic mass is 9.94. The third-order valence-electron chi connectivity index (χ3n) is 2.47. The zero-order valence-electron chi connectivity index (χ0n) is 9.46. The average molecular weight is 186 g/mol. The van der Waals surface area contributed by atoms with Crippen LogP contribution in [0.1, 0.15) is 41.0 Å². The van der Waals surface area contributed by atoms with Crippen molar-refractivity contribution < 1.29 is 9.47 Å². The van der Waals surface area contributed by atoms with Gasteiger partial charge in [0.05, 0.1) is 17.8 Å². The summed E-state index contributed by atoms with van der Waals surface area (Å²) in [5.74, 6) is 0.614. The highest BCUT2D eigenvalue weighted by molar-refractivity contribution is 4.80. The van der Waals surface area contributed by atoms with Gasteiger partial charge in [-0.1, -0.05) is 6.92 Å². The molecule has 0 aromatic carbocycles. The van der Waals surface area contributed by atoms with Crippen LogP contribution in [0.15, 0.2) is 0 Å². The van der Waals surface area contributed by atoms with E-state index in [0.717, 1.165) is 13.0 Å². The largest absolute Gasteiger partial charge is 0.376 e. The molecule has 3 atom stereocenters. The molecule has 78 valence electrons. The van der Waals surface area contributed by atoms with E-state index in [-0.39, 0.29) is 17.8 Å². The summed E-state index contributed by atoms with van der Waals surface area (Å²) in [5.41, 5.74) is -0.0616. The zero-order valence-corrected chi connectivity index (χ0v) is 9.46. The molecule has 0 radical (unpaired) electrons. The molecule has 2 heteroatoms. The van der Waals surface area contributed by atoms with E-state index >= 15 is 0 Å². The SMILES string of the molecule is CC1CCOC(C)C1OC(C)(C)C. The summed E-state index contributed by atoms with van der Waals surface area (Å²) in [4.78, 5) is 0. The maximum absolute atomic E-state index is 5.98. The van der Waals surface area contributed by atoms with Gasteiger partial charge in [-0.05, 0) is 40.0 Å². The van der Waals surface area contributed by atoms with Crippen molar-refractivity contribution in [2.75, 3.05) is 6.61 Å². The fourth-order valence-corrected chi connectivity index (χ4v) is 1.78. The van der Waals surface area contributed by atoms with Crippen molar-refractivity contribution in [2.24, 2.45) is 5.92 Å². The Kier molecular flexibility index (Phi) is 3.36. The van der Waals surface area contributed by atoms with Crippen molar-refractivity contribution in [3.05, 3.63) is 0 Å². The van der Waals surface area contributed by atoms with E-state index in [1.54, 1.807) is 0 Å². The van der Waals surface area contributed by atoms with Crippen LogP contribution in [-0.2, 0) is 9.47 Å². The molecule has 3 unspecified atom stereocenters. The van der Waals surface area contributed by atoms with Gasteiger partial charge >= 0.3 is 0 Å². The molecule has 0 bridgehead atoms. The first-order valence-electron chi connectivity index (χ1n) is 5.19.